The molecule has 1 aliphatic rings. The van der Waals surface area contributed by atoms with Gasteiger partial charge in [-0.2, -0.15) is 0 Å². The third kappa shape index (κ3) is 6.22. The highest BCUT2D eigenvalue weighted by molar-refractivity contribution is 6.12. The van der Waals surface area contributed by atoms with Crippen LogP contribution in [0.4, 0.5) is 0 Å². The maximum Gasteiger partial charge on any atom is 0.137 e. The van der Waals surface area contributed by atoms with Crippen LogP contribution in [0, 0.1) is 0 Å². The third-order valence-corrected chi connectivity index (χ3v) is 13.3. The van der Waals surface area contributed by atoms with Gasteiger partial charge in [0.2, 0.25) is 0 Å². The number of hydrogen-bond acceptors (Lipinski definition) is 3. The van der Waals surface area contributed by atoms with Crippen molar-refractivity contribution in [2.24, 2.45) is 4.99 Å². The molecule has 0 spiro atoms. The van der Waals surface area contributed by atoms with Crippen LogP contribution in [-0.2, 0) is 0 Å². The number of fused-ring (bicyclic) bond motifs is 8. The zero-order valence-electron chi connectivity index (χ0n) is 34.9. The van der Waals surface area contributed by atoms with Crippen LogP contribution >= 0.6 is 0 Å². The van der Waals surface area contributed by atoms with Crippen molar-refractivity contribution in [3.8, 4) is 27.9 Å². The number of nitrogens with zero attached hydrogens (tertiary/aromatic N) is 2. The van der Waals surface area contributed by atoms with E-state index < -0.39 is 0 Å². The predicted molar refractivity (Wildman–Crippen MR) is 267 cm³/mol. The lowest BCUT2D eigenvalue weighted by atomic mass is 9.92. The van der Waals surface area contributed by atoms with Crippen LogP contribution in [0.3, 0.4) is 0 Å². The van der Waals surface area contributed by atoms with E-state index in [1.54, 1.807) is 0 Å². The Labute approximate surface area is 370 Å². The molecule has 0 bridgehead atoms. The summed E-state index contributed by atoms with van der Waals surface area (Å²) in [5.74, 6) is 0. The molecule has 0 aliphatic carbocycles. The van der Waals surface area contributed by atoms with E-state index in [2.05, 4.69) is 228 Å². The Balaban J connectivity index is 0.905. The van der Waals surface area contributed by atoms with Gasteiger partial charge in [-0.3, -0.25) is 10.3 Å². The number of benzene rings is 10. The van der Waals surface area contributed by atoms with E-state index in [9.17, 15) is 0 Å². The molecular weight excluding hydrogens is 779 g/mol. The van der Waals surface area contributed by atoms with Crippen molar-refractivity contribution in [2.75, 3.05) is 0 Å². The molecule has 2 aromatic heterocycles. The number of aliphatic imine (C=N–C) groups is 1. The smallest absolute Gasteiger partial charge is 0.137 e. The van der Waals surface area contributed by atoms with Crippen LogP contribution in [-0.4, -0.2) is 10.3 Å². The zero-order valence-corrected chi connectivity index (χ0v) is 34.9. The number of aromatic nitrogens is 1. The van der Waals surface area contributed by atoms with Crippen LogP contribution in [0.25, 0.3) is 93.2 Å². The van der Waals surface area contributed by atoms with Gasteiger partial charge in [-0.1, -0.05) is 158 Å². The minimum Gasteiger partial charge on any atom is -0.456 e. The lowest BCUT2D eigenvalue weighted by molar-refractivity contribution is 0.442. The Morgan fingerprint density at radius 2 is 0.953 bits per heavy atom. The van der Waals surface area contributed by atoms with Crippen molar-refractivity contribution in [2.45, 2.75) is 18.6 Å². The Bertz CT molecular complexity index is 3710. The number of nitrogens with one attached hydrogen (secondary N) is 1. The number of rotatable bonds is 6. The summed E-state index contributed by atoms with van der Waals surface area (Å²) in [6.07, 6.45) is 0.543. The van der Waals surface area contributed by atoms with Crippen LogP contribution in [0.5, 0.6) is 0 Å². The molecule has 1 aliphatic heterocycles. The SMILES string of the molecule is c1ccc(-c2ccc3c(c2)c2cc(-c4ccccc4)ccc2n3-c2ccc3c(c2)oc2cc([C@@H]4CC(c5ccc6ccccc6c5)=NC(c5ccc6ccccc6c5)N4)ccc23)cc1. The average molecular weight is 820 g/mol. The lowest BCUT2D eigenvalue weighted by Crippen LogP contribution is -2.33. The molecule has 0 amide bonds. The first kappa shape index (κ1) is 36.6. The van der Waals surface area contributed by atoms with E-state index >= 15 is 0 Å². The zero-order chi connectivity index (χ0) is 42.1. The first-order chi connectivity index (χ1) is 31.7. The summed E-state index contributed by atoms with van der Waals surface area (Å²) < 4.78 is 9.24. The molecule has 2 atom stereocenters. The fourth-order valence-corrected chi connectivity index (χ4v) is 10.1. The molecule has 0 saturated carbocycles. The van der Waals surface area contributed by atoms with Crippen molar-refractivity contribution in [1.29, 1.82) is 0 Å². The molecule has 10 aromatic carbocycles. The fraction of sp³-hybridized carbons (Fsp3) is 0.0500. The van der Waals surface area contributed by atoms with E-state index in [1.807, 2.05) is 0 Å². The molecule has 1 N–H and O–H groups in total. The maximum atomic E-state index is 6.85. The van der Waals surface area contributed by atoms with Gasteiger partial charge in [0, 0.05) is 51.5 Å². The molecular formula is C60H41N3O. The van der Waals surface area contributed by atoms with Crippen molar-refractivity contribution < 1.29 is 4.42 Å². The van der Waals surface area contributed by atoms with E-state index in [0.29, 0.717) is 0 Å². The van der Waals surface area contributed by atoms with E-state index in [0.717, 1.165) is 61.9 Å². The van der Waals surface area contributed by atoms with Crippen molar-refractivity contribution >= 4 is 71.0 Å². The Morgan fingerprint density at radius 3 is 1.62 bits per heavy atom. The second-order valence-corrected chi connectivity index (χ2v) is 17.1. The summed E-state index contributed by atoms with van der Waals surface area (Å²) in [6.45, 7) is 0. The van der Waals surface area contributed by atoms with Gasteiger partial charge in [-0.25, -0.2) is 0 Å². The molecule has 1 unspecified atom stereocenters. The van der Waals surface area contributed by atoms with Crippen LogP contribution in [0.1, 0.15) is 35.3 Å². The highest BCUT2D eigenvalue weighted by Crippen LogP contribution is 2.40. The van der Waals surface area contributed by atoms with E-state index in [4.69, 9.17) is 9.41 Å². The minimum absolute atomic E-state index is 0.0165. The standard InChI is InChI=1S/C60H41N3O/c1-3-11-38(12-4-1)44-24-29-56-52(33-44)53-34-45(39-13-5-2-6-14-39)25-30-57(53)63(56)49-26-28-51-50-27-23-47(35-58(50)64-59(51)36-49)55-37-54(46-21-19-40-15-7-9-17-42(40)31-46)61-60(62-55)48-22-20-41-16-8-10-18-43(41)32-48/h1-36,55,60,62H,37H2/t55-,60?/m0/s1. The van der Waals surface area contributed by atoms with Gasteiger partial charge >= 0.3 is 0 Å². The van der Waals surface area contributed by atoms with Gasteiger partial charge in [0.15, 0.2) is 0 Å². The molecule has 4 nitrogen and oxygen atoms in total. The molecule has 0 fully saturated rings. The second kappa shape index (κ2) is 14.8. The molecule has 13 rings (SSSR count). The molecule has 0 saturated heterocycles. The fourth-order valence-electron chi connectivity index (χ4n) is 10.1. The van der Waals surface area contributed by atoms with Crippen LogP contribution in [0.2, 0.25) is 0 Å². The summed E-state index contributed by atoms with van der Waals surface area (Å²) in [6, 6.07) is 79.0. The molecule has 64 heavy (non-hydrogen) atoms. The normalized spacial score (nSPS) is 15.5. The summed E-state index contributed by atoms with van der Waals surface area (Å²) in [5.41, 5.74) is 14.5. The monoisotopic (exact) mass is 819 g/mol. The van der Waals surface area contributed by atoms with Gasteiger partial charge in [-0.15, -0.1) is 0 Å². The topological polar surface area (TPSA) is 42.5 Å². The summed E-state index contributed by atoms with van der Waals surface area (Å²) in [7, 11) is 0. The maximum absolute atomic E-state index is 6.85. The average Bonchev–Trinajstić information content (AvgIpc) is 3.90. The lowest BCUT2D eigenvalue weighted by Gasteiger charge is -2.31. The predicted octanol–water partition coefficient (Wildman–Crippen LogP) is 15.5. The minimum atomic E-state index is -0.211. The van der Waals surface area contributed by atoms with Crippen molar-refractivity contribution in [3.63, 3.8) is 0 Å². The largest absolute Gasteiger partial charge is 0.456 e. The van der Waals surface area contributed by atoms with E-state index in [1.165, 1.54) is 60.1 Å². The second-order valence-electron chi connectivity index (χ2n) is 17.1. The highest BCUT2D eigenvalue weighted by Gasteiger charge is 2.27. The van der Waals surface area contributed by atoms with Gasteiger partial charge in [0.25, 0.3) is 0 Å². The van der Waals surface area contributed by atoms with Crippen LogP contribution in [0.15, 0.2) is 228 Å². The molecule has 0 radical (unpaired) electrons. The molecule has 3 heterocycles. The van der Waals surface area contributed by atoms with Gasteiger partial charge in [0.1, 0.15) is 17.3 Å². The Morgan fingerprint density at radius 1 is 0.406 bits per heavy atom. The van der Waals surface area contributed by atoms with Crippen molar-refractivity contribution in [3.05, 3.63) is 235 Å². The summed E-state index contributed by atoms with van der Waals surface area (Å²) in [4.78, 5) is 5.41. The van der Waals surface area contributed by atoms with Crippen molar-refractivity contribution in [1.82, 2.24) is 9.88 Å². The molecule has 4 heteroatoms. The summed E-state index contributed by atoms with van der Waals surface area (Å²) in [5, 5.41) is 13.5. The van der Waals surface area contributed by atoms with Crippen LogP contribution < -0.4 is 5.32 Å². The molecule has 302 valence electrons. The highest BCUT2D eigenvalue weighted by atomic mass is 16.3. The van der Waals surface area contributed by atoms with Gasteiger partial charge in [0.05, 0.1) is 11.0 Å². The van der Waals surface area contributed by atoms with Gasteiger partial charge in [-0.05, 0) is 115 Å². The molecule has 12 aromatic rings. The third-order valence-electron chi connectivity index (χ3n) is 13.3. The first-order valence-corrected chi connectivity index (χ1v) is 22.1. The number of hydrogen-bond donors (Lipinski definition) is 1. The van der Waals surface area contributed by atoms with E-state index in [-0.39, 0.29) is 12.2 Å². The number of furan rings is 1. The summed E-state index contributed by atoms with van der Waals surface area (Å²) >= 11 is 0. The quantitative estimate of drug-likeness (QED) is 0.182. The van der Waals surface area contributed by atoms with Gasteiger partial charge < -0.3 is 8.98 Å². The Hall–Kier alpha value is -8.05. The Kier molecular flexibility index (Phi) is 8.46. The first-order valence-electron chi connectivity index (χ1n) is 22.1.